The number of hydrogen-bond acceptors (Lipinski definition) is 1. The Bertz CT molecular complexity index is 962. The van der Waals surface area contributed by atoms with E-state index in [9.17, 15) is 0 Å². The second-order valence-corrected chi connectivity index (χ2v) is 11.4. The molecule has 0 fully saturated rings. The van der Waals surface area contributed by atoms with Gasteiger partial charge >= 0.3 is 0 Å². The third kappa shape index (κ3) is 2.41. The molecule has 3 heteroatoms. The van der Waals surface area contributed by atoms with Gasteiger partial charge in [0.05, 0.1) is 6.04 Å². The molecule has 1 atom stereocenters. The molecule has 1 aromatic heterocycles. The number of nitrogens with zero attached hydrogens (tertiary/aromatic N) is 2. The van der Waals surface area contributed by atoms with Crippen LogP contribution in [0.15, 0.2) is 48.5 Å². The van der Waals surface area contributed by atoms with Crippen LogP contribution in [0.1, 0.15) is 45.0 Å². The average Bonchev–Trinajstić information content (AvgIpc) is 3.07. The first kappa shape index (κ1) is 17.6. The first-order valence-corrected chi connectivity index (χ1v) is 12.7. The first-order chi connectivity index (χ1) is 12.4. The fourth-order valence-corrected chi connectivity index (χ4v) is 7.53. The zero-order valence-electron chi connectivity index (χ0n) is 16.9. The van der Waals surface area contributed by atoms with Gasteiger partial charge in [0.15, 0.2) is 0 Å². The van der Waals surface area contributed by atoms with Crippen molar-refractivity contribution >= 4 is 19.9 Å². The van der Waals surface area contributed by atoms with Gasteiger partial charge in [-0.25, -0.2) is 0 Å². The van der Waals surface area contributed by atoms with Gasteiger partial charge in [0.25, 0.3) is 0 Å². The summed E-state index contributed by atoms with van der Waals surface area (Å²) in [6.45, 7) is 15.3. The molecule has 0 bridgehead atoms. The highest BCUT2D eigenvalue weighted by atomic mass is 28.3. The lowest BCUT2D eigenvalue weighted by Gasteiger charge is -2.44. The van der Waals surface area contributed by atoms with E-state index in [2.05, 4.69) is 98.5 Å². The molecular weight excluding hydrogens is 332 g/mol. The summed E-state index contributed by atoms with van der Waals surface area (Å²) in [7, 11) is -1.04. The minimum Gasteiger partial charge on any atom is -0.343 e. The molecule has 0 amide bonds. The van der Waals surface area contributed by atoms with Crippen molar-refractivity contribution in [1.82, 2.24) is 9.13 Å². The van der Waals surface area contributed by atoms with Gasteiger partial charge in [0, 0.05) is 34.2 Å². The molecule has 4 rings (SSSR count). The van der Waals surface area contributed by atoms with E-state index >= 15 is 0 Å². The van der Waals surface area contributed by atoms with Crippen LogP contribution in [0.2, 0.25) is 13.1 Å². The molecule has 0 saturated carbocycles. The lowest BCUT2D eigenvalue weighted by molar-refractivity contribution is 0.207. The fourth-order valence-electron chi connectivity index (χ4n) is 5.08. The molecule has 1 aliphatic carbocycles. The van der Waals surface area contributed by atoms with Crippen molar-refractivity contribution in [3.63, 3.8) is 0 Å². The van der Waals surface area contributed by atoms with Crippen LogP contribution in [0.25, 0.3) is 22.0 Å². The van der Waals surface area contributed by atoms with Crippen molar-refractivity contribution in [2.75, 3.05) is 0 Å². The Kier molecular flexibility index (Phi) is 4.12. The molecule has 0 N–H and O–H groups in total. The molecule has 136 valence electrons. The minimum absolute atomic E-state index is 0.148. The van der Waals surface area contributed by atoms with Gasteiger partial charge in [-0.2, -0.15) is 0 Å². The van der Waals surface area contributed by atoms with Crippen LogP contribution < -0.4 is 0 Å². The molecule has 2 aromatic carbocycles. The molecule has 1 aliphatic rings. The molecule has 0 radical (unpaired) electrons. The normalized spacial score (nSPS) is 16.5. The minimum atomic E-state index is -1.04. The number of aromatic nitrogens is 1. The number of fused-ring (bicyclic) bond motifs is 5. The Balaban J connectivity index is 2.10. The molecule has 1 unspecified atom stereocenters. The molecule has 0 spiro atoms. The lowest BCUT2D eigenvalue weighted by atomic mass is 10.0. The zero-order valence-corrected chi connectivity index (χ0v) is 18.0. The maximum Gasteiger partial charge on any atom is 0.107 e. The third-order valence-corrected chi connectivity index (χ3v) is 7.91. The van der Waals surface area contributed by atoms with Gasteiger partial charge < -0.3 is 9.13 Å². The quantitative estimate of drug-likeness (QED) is 0.533. The number of rotatable bonds is 3. The Labute approximate surface area is 159 Å². The topological polar surface area (TPSA) is 8.17 Å². The largest absolute Gasteiger partial charge is 0.343 e. The second kappa shape index (κ2) is 6.10. The molecule has 1 heterocycles. The smallest absolute Gasteiger partial charge is 0.107 e. The van der Waals surface area contributed by atoms with Crippen LogP contribution in [0.3, 0.4) is 0 Å². The van der Waals surface area contributed by atoms with Crippen LogP contribution in [0.4, 0.5) is 0 Å². The predicted octanol–water partition coefficient (Wildman–Crippen LogP) is 5.81. The number of para-hydroxylation sites is 1. The van der Waals surface area contributed by atoms with E-state index in [1.165, 1.54) is 33.3 Å². The van der Waals surface area contributed by atoms with E-state index in [-0.39, 0.29) is 5.54 Å². The molecule has 0 saturated heterocycles. The monoisotopic (exact) mass is 362 g/mol. The van der Waals surface area contributed by atoms with Crippen molar-refractivity contribution in [3.8, 4) is 11.1 Å². The van der Waals surface area contributed by atoms with E-state index < -0.39 is 8.96 Å². The Morgan fingerprint density at radius 3 is 2.31 bits per heavy atom. The lowest BCUT2D eigenvalue weighted by Crippen LogP contribution is -2.50. The van der Waals surface area contributed by atoms with E-state index in [1.54, 1.807) is 0 Å². The Hall–Kier alpha value is -1.84. The van der Waals surface area contributed by atoms with Crippen LogP contribution in [-0.4, -0.2) is 23.6 Å². The standard InChI is InChI=1S/C23H30N2Si/c1-7-24-19-15-11-10-14-18(19)20-16-12-8-9-13-17(16)21(22(20)24)25(26(5)6)23(2,3)4/h8-15,21,26H,7H2,1-6H3. The zero-order chi connectivity index (χ0) is 18.6. The SMILES string of the molecule is CCn1c2c(c3ccccc31)-c1ccccc1C2N([SiH](C)C)C(C)(C)C. The number of hydrogen-bond donors (Lipinski definition) is 0. The predicted molar refractivity (Wildman–Crippen MR) is 115 cm³/mol. The van der Waals surface area contributed by atoms with Crippen molar-refractivity contribution in [1.29, 1.82) is 0 Å². The highest BCUT2D eigenvalue weighted by molar-refractivity contribution is 6.53. The number of benzene rings is 2. The summed E-state index contributed by atoms with van der Waals surface area (Å²) < 4.78 is 5.38. The molecular formula is C23H30N2Si. The fraction of sp³-hybridized carbons (Fsp3) is 0.391. The summed E-state index contributed by atoms with van der Waals surface area (Å²) in [5, 5.41) is 1.40. The average molecular weight is 363 g/mol. The summed E-state index contributed by atoms with van der Waals surface area (Å²) >= 11 is 0. The summed E-state index contributed by atoms with van der Waals surface area (Å²) in [5.41, 5.74) is 7.41. The maximum atomic E-state index is 2.82. The molecule has 0 aliphatic heterocycles. The second-order valence-electron chi connectivity index (χ2n) is 8.68. The van der Waals surface area contributed by atoms with E-state index in [4.69, 9.17) is 0 Å². The van der Waals surface area contributed by atoms with Crippen LogP contribution in [0, 0.1) is 0 Å². The van der Waals surface area contributed by atoms with Crippen molar-refractivity contribution in [2.45, 2.75) is 58.9 Å². The summed E-state index contributed by atoms with van der Waals surface area (Å²) in [5.74, 6) is 0. The van der Waals surface area contributed by atoms with Gasteiger partial charge in [-0.15, -0.1) is 0 Å². The first-order valence-electron chi connectivity index (χ1n) is 9.85. The highest BCUT2D eigenvalue weighted by Gasteiger charge is 2.42. The highest BCUT2D eigenvalue weighted by Crippen LogP contribution is 2.52. The summed E-state index contributed by atoms with van der Waals surface area (Å²) in [4.78, 5) is 0. The maximum absolute atomic E-state index is 2.82. The molecule has 3 aromatic rings. The Morgan fingerprint density at radius 1 is 1.00 bits per heavy atom. The summed E-state index contributed by atoms with van der Waals surface area (Å²) in [6.07, 6.45) is 0. The van der Waals surface area contributed by atoms with Crippen molar-refractivity contribution < 1.29 is 0 Å². The van der Waals surface area contributed by atoms with Crippen LogP contribution >= 0.6 is 0 Å². The van der Waals surface area contributed by atoms with E-state index in [1.807, 2.05) is 0 Å². The van der Waals surface area contributed by atoms with E-state index in [0.29, 0.717) is 6.04 Å². The molecule has 26 heavy (non-hydrogen) atoms. The summed E-state index contributed by atoms with van der Waals surface area (Å²) in [6, 6.07) is 18.4. The van der Waals surface area contributed by atoms with Gasteiger partial charge in [0.1, 0.15) is 8.96 Å². The third-order valence-electron chi connectivity index (χ3n) is 5.72. The van der Waals surface area contributed by atoms with Gasteiger partial charge in [-0.1, -0.05) is 55.6 Å². The Morgan fingerprint density at radius 2 is 1.65 bits per heavy atom. The van der Waals surface area contributed by atoms with Crippen molar-refractivity contribution in [2.24, 2.45) is 0 Å². The van der Waals surface area contributed by atoms with Gasteiger partial charge in [-0.3, -0.25) is 0 Å². The van der Waals surface area contributed by atoms with E-state index in [0.717, 1.165) is 6.54 Å². The van der Waals surface area contributed by atoms with Crippen LogP contribution in [-0.2, 0) is 6.54 Å². The van der Waals surface area contributed by atoms with Gasteiger partial charge in [-0.05, 0) is 44.9 Å². The molecule has 2 nitrogen and oxygen atoms in total. The van der Waals surface area contributed by atoms with Crippen LogP contribution in [0.5, 0.6) is 0 Å². The van der Waals surface area contributed by atoms with Crippen molar-refractivity contribution in [3.05, 3.63) is 59.8 Å². The number of aryl methyl sites for hydroxylation is 1. The van der Waals surface area contributed by atoms with Gasteiger partial charge in [0.2, 0.25) is 0 Å².